The predicted octanol–water partition coefficient (Wildman–Crippen LogP) is 5.54. The van der Waals surface area contributed by atoms with Gasteiger partial charge in [0.2, 0.25) is 0 Å². The minimum atomic E-state index is 0.308. The first-order valence-corrected chi connectivity index (χ1v) is 8.79. The van der Waals surface area contributed by atoms with E-state index in [1.807, 2.05) is 0 Å². The molecule has 2 aromatic rings. The largest absolute Gasteiger partial charge is 0.310 e. The van der Waals surface area contributed by atoms with E-state index < -0.39 is 0 Å². The van der Waals surface area contributed by atoms with Crippen molar-refractivity contribution in [2.75, 3.05) is 6.54 Å². The summed E-state index contributed by atoms with van der Waals surface area (Å²) in [5.74, 6) is 0. The van der Waals surface area contributed by atoms with Gasteiger partial charge >= 0.3 is 0 Å². The Morgan fingerprint density at radius 1 is 1.14 bits per heavy atom. The minimum Gasteiger partial charge on any atom is -0.310 e. The molecule has 0 radical (unpaired) electrons. The lowest BCUT2D eigenvalue weighted by Crippen LogP contribution is -2.24. The number of nitrogens with one attached hydrogen (secondary N) is 1. The van der Waals surface area contributed by atoms with Gasteiger partial charge in [-0.1, -0.05) is 54.4 Å². The summed E-state index contributed by atoms with van der Waals surface area (Å²) >= 11 is 8.55. The Labute approximate surface area is 146 Å². The molecule has 0 bridgehead atoms. The first-order valence-electron chi connectivity index (χ1n) is 7.34. The fourth-order valence-electron chi connectivity index (χ4n) is 2.32. The van der Waals surface area contributed by atoms with Crippen LogP contribution in [0.15, 0.2) is 42.5 Å². The van der Waals surface area contributed by atoms with E-state index >= 15 is 0 Å². The molecule has 0 amide bonds. The fourth-order valence-corrected chi connectivity index (χ4v) is 2.84. The Bertz CT molecular complexity index is 580. The second-order valence-corrected chi connectivity index (χ2v) is 6.94. The predicted molar refractivity (Wildman–Crippen MR) is 100 cm³/mol. The van der Waals surface area contributed by atoms with Crippen LogP contribution in [0.5, 0.6) is 0 Å². The van der Waals surface area contributed by atoms with Crippen molar-refractivity contribution in [3.63, 3.8) is 0 Å². The molecule has 3 heteroatoms. The molecule has 2 aromatic carbocycles. The molecule has 21 heavy (non-hydrogen) atoms. The van der Waals surface area contributed by atoms with Crippen LogP contribution in [0.4, 0.5) is 0 Å². The van der Waals surface area contributed by atoms with Crippen molar-refractivity contribution < 1.29 is 0 Å². The highest BCUT2D eigenvalue weighted by Crippen LogP contribution is 2.25. The third kappa shape index (κ3) is 4.97. The van der Waals surface area contributed by atoms with Crippen molar-refractivity contribution in [1.29, 1.82) is 0 Å². The van der Waals surface area contributed by atoms with Gasteiger partial charge in [-0.25, -0.2) is 0 Å². The first kappa shape index (κ1) is 16.8. The standard InChI is InChI=1S/C18H21ClIN/c1-3-10-21-18(11-14-6-4-13(2)5-7-14)15-8-9-17(20)16(19)12-15/h4-9,12,18,21H,3,10-11H2,1-2H3. The van der Waals surface area contributed by atoms with Crippen LogP contribution in [-0.2, 0) is 6.42 Å². The van der Waals surface area contributed by atoms with Gasteiger partial charge in [0.05, 0.1) is 5.02 Å². The van der Waals surface area contributed by atoms with E-state index in [0.717, 1.165) is 28.0 Å². The molecular weight excluding hydrogens is 393 g/mol. The van der Waals surface area contributed by atoms with E-state index in [2.05, 4.69) is 84.2 Å². The molecule has 0 saturated heterocycles. The van der Waals surface area contributed by atoms with Crippen molar-refractivity contribution in [3.8, 4) is 0 Å². The first-order chi connectivity index (χ1) is 10.1. The van der Waals surface area contributed by atoms with Gasteiger partial charge in [0, 0.05) is 9.61 Å². The third-order valence-electron chi connectivity index (χ3n) is 3.55. The van der Waals surface area contributed by atoms with Gasteiger partial charge in [0.15, 0.2) is 0 Å². The summed E-state index contributed by atoms with van der Waals surface area (Å²) < 4.78 is 1.10. The molecule has 0 fully saturated rings. The fraction of sp³-hybridized carbons (Fsp3) is 0.333. The zero-order valence-corrected chi connectivity index (χ0v) is 15.4. The number of rotatable bonds is 6. The molecule has 0 spiro atoms. The summed E-state index contributed by atoms with van der Waals surface area (Å²) in [6.07, 6.45) is 2.11. The molecule has 1 nitrogen and oxygen atoms in total. The van der Waals surface area contributed by atoms with Gasteiger partial charge in [0.1, 0.15) is 0 Å². The lowest BCUT2D eigenvalue weighted by Gasteiger charge is -2.20. The molecule has 1 atom stereocenters. The number of hydrogen-bond acceptors (Lipinski definition) is 1. The van der Waals surface area contributed by atoms with Crippen LogP contribution < -0.4 is 5.32 Å². The Morgan fingerprint density at radius 3 is 2.48 bits per heavy atom. The third-order valence-corrected chi connectivity index (χ3v) is 5.12. The Morgan fingerprint density at radius 2 is 1.86 bits per heavy atom. The van der Waals surface area contributed by atoms with Crippen LogP contribution in [0.3, 0.4) is 0 Å². The van der Waals surface area contributed by atoms with Crippen molar-refractivity contribution >= 4 is 34.2 Å². The Kier molecular flexibility index (Phi) is 6.52. The maximum absolute atomic E-state index is 6.28. The molecule has 0 aliphatic carbocycles. The van der Waals surface area contributed by atoms with Crippen LogP contribution in [0.25, 0.3) is 0 Å². The lowest BCUT2D eigenvalue weighted by atomic mass is 9.98. The summed E-state index contributed by atoms with van der Waals surface area (Å²) in [5.41, 5.74) is 3.91. The van der Waals surface area contributed by atoms with Gasteiger partial charge in [0.25, 0.3) is 0 Å². The smallest absolute Gasteiger partial charge is 0.0542 e. The van der Waals surface area contributed by atoms with Crippen molar-refractivity contribution in [2.45, 2.75) is 32.7 Å². The molecule has 0 heterocycles. The zero-order valence-electron chi connectivity index (χ0n) is 12.5. The van der Waals surface area contributed by atoms with E-state index in [1.54, 1.807) is 0 Å². The van der Waals surface area contributed by atoms with Gasteiger partial charge in [-0.05, 0) is 72.2 Å². The van der Waals surface area contributed by atoms with Crippen LogP contribution in [0.2, 0.25) is 5.02 Å². The van der Waals surface area contributed by atoms with Crippen LogP contribution in [0.1, 0.15) is 36.1 Å². The van der Waals surface area contributed by atoms with Gasteiger partial charge in [-0.3, -0.25) is 0 Å². The van der Waals surface area contributed by atoms with E-state index in [0.29, 0.717) is 6.04 Å². The summed E-state index contributed by atoms with van der Waals surface area (Å²) in [5, 5.41) is 4.47. The average Bonchev–Trinajstić information content (AvgIpc) is 2.48. The van der Waals surface area contributed by atoms with Crippen LogP contribution >= 0.6 is 34.2 Å². The summed E-state index contributed by atoms with van der Waals surface area (Å²) in [7, 11) is 0. The second-order valence-electron chi connectivity index (χ2n) is 5.37. The highest BCUT2D eigenvalue weighted by molar-refractivity contribution is 14.1. The van der Waals surface area contributed by atoms with Gasteiger partial charge in [-0.2, -0.15) is 0 Å². The molecule has 1 unspecified atom stereocenters. The van der Waals surface area contributed by atoms with Crippen molar-refractivity contribution in [3.05, 3.63) is 67.7 Å². The summed E-state index contributed by atoms with van der Waals surface area (Å²) in [6, 6.07) is 15.4. The summed E-state index contributed by atoms with van der Waals surface area (Å²) in [6.45, 7) is 5.33. The van der Waals surface area contributed by atoms with Gasteiger partial charge < -0.3 is 5.32 Å². The van der Waals surface area contributed by atoms with Crippen LogP contribution in [-0.4, -0.2) is 6.54 Å². The lowest BCUT2D eigenvalue weighted by molar-refractivity contribution is 0.529. The zero-order chi connectivity index (χ0) is 15.2. The highest BCUT2D eigenvalue weighted by atomic mass is 127. The molecule has 2 rings (SSSR count). The van der Waals surface area contributed by atoms with E-state index in [1.165, 1.54) is 16.7 Å². The quantitative estimate of drug-likeness (QED) is 0.613. The van der Waals surface area contributed by atoms with Crippen molar-refractivity contribution in [1.82, 2.24) is 5.32 Å². The molecular formula is C18H21ClIN. The number of aryl methyl sites for hydroxylation is 1. The Balaban J connectivity index is 2.20. The number of halogens is 2. The number of benzene rings is 2. The van der Waals surface area contributed by atoms with E-state index in [9.17, 15) is 0 Å². The molecule has 1 N–H and O–H groups in total. The Hall–Kier alpha value is -0.580. The minimum absolute atomic E-state index is 0.308. The van der Waals surface area contributed by atoms with Gasteiger partial charge in [-0.15, -0.1) is 0 Å². The molecule has 0 aromatic heterocycles. The second kappa shape index (κ2) is 8.16. The normalized spacial score (nSPS) is 12.4. The molecule has 0 saturated carbocycles. The van der Waals surface area contributed by atoms with Crippen molar-refractivity contribution in [2.24, 2.45) is 0 Å². The molecule has 0 aliphatic heterocycles. The number of hydrogen-bond donors (Lipinski definition) is 1. The molecule has 112 valence electrons. The van der Waals surface area contributed by atoms with E-state index in [4.69, 9.17) is 11.6 Å². The summed E-state index contributed by atoms with van der Waals surface area (Å²) in [4.78, 5) is 0. The topological polar surface area (TPSA) is 12.0 Å². The van der Waals surface area contributed by atoms with E-state index in [-0.39, 0.29) is 0 Å². The SMILES string of the molecule is CCCNC(Cc1ccc(C)cc1)c1ccc(I)c(Cl)c1. The monoisotopic (exact) mass is 413 g/mol. The molecule has 0 aliphatic rings. The average molecular weight is 414 g/mol. The highest BCUT2D eigenvalue weighted by Gasteiger charge is 2.13. The maximum atomic E-state index is 6.28. The van der Waals surface area contributed by atoms with Crippen LogP contribution in [0, 0.1) is 10.5 Å². The maximum Gasteiger partial charge on any atom is 0.0542 e.